The maximum atomic E-state index is 3.78. The van der Waals surface area contributed by atoms with Gasteiger partial charge in [-0.15, -0.1) is 0 Å². The molecule has 0 radical (unpaired) electrons. The Labute approximate surface area is 70.7 Å². The lowest BCUT2D eigenvalue weighted by Crippen LogP contribution is -2.16. The van der Waals surface area contributed by atoms with Crippen LogP contribution in [0.5, 0.6) is 0 Å². The van der Waals surface area contributed by atoms with Gasteiger partial charge in [-0.05, 0) is 12.1 Å². The fourth-order valence-corrected chi connectivity index (χ4v) is 1.08. The number of hydrazine groups is 1. The van der Waals surface area contributed by atoms with Crippen LogP contribution in [-0.4, -0.2) is 17.3 Å². The number of hydrogen-bond donors (Lipinski definition) is 2. The smallest absolute Gasteiger partial charge is 0.0267 e. The maximum absolute atomic E-state index is 3.78. The number of nitrogens with zero attached hydrogens (tertiary/aromatic N) is 1. The lowest BCUT2D eigenvalue weighted by Gasteiger charge is -1.79. The van der Waals surface area contributed by atoms with E-state index in [2.05, 4.69) is 15.2 Å². The Hall–Kier alpha value is -0.580. The van der Waals surface area contributed by atoms with E-state index in [-0.39, 0.29) is 0 Å². The van der Waals surface area contributed by atoms with Crippen molar-refractivity contribution < 1.29 is 0 Å². The third-order valence-corrected chi connectivity index (χ3v) is 1.74. The van der Waals surface area contributed by atoms with Crippen molar-refractivity contribution >= 4 is 11.9 Å². The summed E-state index contributed by atoms with van der Waals surface area (Å²) in [5.41, 5.74) is 2.94. The summed E-state index contributed by atoms with van der Waals surface area (Å²) in [6.45, 7) is 1.10. The molecule has 1 fully saturated rings. The van der Waals surface area contributed by atoms with Crippen molar-refractivity contribution in [3.63, 3.8) is 0 Å². The van der Waals surface area contributed by atoms with Crippen molar-refractivity contribution in [2.75, 3.05) is 12.3 Å². The van der Waals surface area contributed by atoms with Crippen molar-refractivity contribution in [1.29, 1.82) is 0 Å². The average molecular weight is 169 g/mol. The van der Waals surface area contributed by atoms with Gasteiger partial charge in [-0.1, -0.05) is 18.0 Å². The molecule has 0 unspecified atom stereocenters. The molecule has 0 aliphatic carbocycles. The first-order chi connectivity index (χ1) is 5.50. The second-order valence-electron chi connectivity index (χ2n) is 1.90. The average Bonchev–Trinajstić information content (AvgIpc) is 2.64. The van der Waals surface area contributed by atoms with Gasteiger partial charge in [0.1, 0.15) is 0 Å². The first-order valence-corrected chi connectivity index (χ1v) is 4.43. The quantitative estimate of drug-likeness (QED) is 0.564. The highest BCUT2D eigenvalue weighted by Crippen LogP contribution is 1.91. The maximum Gasteiger partial charge on any atom is 0.0267 e. The van der Waals surface area contributed by atoms with Crippen LogP contribution in [0, 0.1) is 0 Å². The van der Waals surface area contributed by atoms with E-state index >= 15 is 0 Å². The predicted octanol–water partition coefficient (Wildman–Crippen LogP) is 0.824. The van der Waals surface area contributed by atoms with Gasteiger partial charge >= 0.3 is 0 Å². The lowest BCUT2D eigenvalue weighted by molar-refractivity contribution is 0.765. The molecule has 1 saturated heterocycles. The molecule has 1 aliphatic rings. The number of nitrogens with one attached hydrogen (secondary N) is 2. The fourth-order valence-electron chi connectivity index (χ4n) is 0.568. The fraction of sp³-hybridized carbons (Fsp3) is 0.286. The van der Waals surface area contributed by atoms with E-state index < -0.39 is 0 Å². The minimum absolute atomic E-state index is 1.10. The topological polar surface area (TPSA) is 37.0 Å². The van der Waals surface area contributed by atoms with Crippen LogP contribution < -0.4 is 10.3 Å². The molecule has 1 aliphatic heterocycles. The molecule has 0 atom stereocenters. The normalized spacial score (nSPS) is 15.3. The molecule has 0 spiro atoms. The van der Waals surface area contributed by atoms with Gasteiger partial charge in [-0.3, -0.25) is 4.98 Å². The molecule has 1 aromatic heterocycles. The summed E-state index contributed by atoms with van der Waals surface area (Å²) in [6.07, 6.45) is 3.50. The van der Waals surface area contributed by atoms with Crippen LogP contribution in [0.15, 0.2) is 30.6 Å². The highest BCUT2D eigenvalue weighted by atomic mass is 32.2. The molecular formula is C7H11N3S. The van der Waals surface area contributed by atoms with Gasteiger partial charge in [-0.2, -0.15) is 0 Å². The van der Waals surface area contributed by atoms with Crippen LogP contribution in [-0.2, 0) is 0 Å². The van der Waals surface area contributed by atoms with Crippen molar-refractivity contribution in [3.8, 4) is 0 Å². The standard InChI is InChI=1S/C5H5N.C2H6N2S/c1-2-4-6-5-3-1;1-2-5-4-3-1/h1-5H;3-4H,1-2H2. The SMILES string of the molecule is C1CSNN1.c1ccncc1. The second kappa shape index (κ2) is 6.15. The number of pyridine rings is 1. The highest BCUT2D eigenvalue weighted by Gasteiger charge is 1.92. The van der Waals surface area contributed by atoms with Gasteiger partial charge in [0.25, 0.3) is 0 Å². The molecule has 2 heterocycles. The molecule has 0 bridgehead atoms. The molecule has 0 saturated carbocycles. The summed E-state index contributed by atoms with van der Waals surface area (Å²) in [6, 6.07) is 5.72. The molecular weight excluding hydrogens is 158 g/mol. The molecule has 11 heavy (non-hydrogen) atoms. The van der Waals surface area contributed by atoms with Gasteiger partial charge in [0.05, 0.1) is 0 Å². The summed E-state index contributed by atoms with van der Waals surface area (Å²) in [5, 5.41) is 0. The van der Waals surface area contributed by atoms with Crippen LogP contribution in [0.4, 0.5) is 0 Å². The number of aromatic nitrogens is 1. The Morgan fingerprint density at radius 1 is 1.18 bits per heavy atom. The van der Waals surface area contributed by atoms with Crippen LogP contribution in [0.2, 0.25) is 0 Å². The number of hydrogen-bond acceptors (Lipinski definition) is 4. The zero-order valence-corrected chi connectivity index (χ0v) is 6.97. The van der Waals surface area contributed by atoms with Gasteiger partial charge in [-0.25, -0.2) is 10.3 Å². The Bertz CT molecular complexity index is 130. The van der Waals surface area contributed by atoms with Crippen LogP contribution in [0.1, 0.15) is 0 Å². The van der Waals surface area contributed by atoms with E-state index in [1.807, 2.05) is 18.2 Å². The van der Waals surface area contributed by atoms with Crippen molar-refractivity contribution in [3.05, 3.63) is 30.6 Å². The molecule has 2 N–H and O–H groups in total. The Kier molecular flexibility index (Phi) is 4.76. The Morgan fingerprint density at radius 2 is 2.00 bits per heavy atom. The highest BCUT2D eigenvalue weighted by molar-refractivity contribution is 7.97. The van der Waals surface area contributed by atoms with E-state index in [4.69, 9.17) is 0 Å². The largest absolute Gasteiger partial charge is 0.265 e. The lowest BCUT2D eigenvalue weighted by atomic mass is 10.5. The summed E-state index contributed by atoms with van der Waals surface area (Å²) in [7, 11) is 0. The summed E-state index contributed by atoms with van der Waals surface area (Å²) in [4.78, 5) is 6.67. The minimum Gasteiger partial charge on any atom is -0.265 e. The first kappa shape index (κ1) is 8.52. The van der Waals surface area contributed by atoms with E-state index in [1.165, 1.54) is 5.75 Å². The second-order valence-corrected chi connectivity index (χ2v) is 2.80. The number of rotatable bonds is 0. The molecule has 1 aromatic rings. The van der Waals surface area contributed by atoms with Crippen LogP contribution in [0.25, 0.3) is 0 Å². The third kappa shape index (κ3) is 4.78. The van der Waals surface area contributed by atoms with Crippen molar-refractivity contribution in [1.82, 2.24) is 15.2 Å². The summed E-state index contributed by atoms with van der Waals surface area (Å²) < 4.78 is 0. The van der Waals surface area contributed by atoms with Crippen LogP contribution >= 0.6 is 11.9 Å². The predicted molar refractivity (Wildman–Crippen MR) is 47.8 cm³/mol. The third-order valence-electron chi connectivity index (χ3n) is 1.04. The van der Waals surface area contributed by atoms with Gasteiger partial charge in [0.2, 0.25) is 0 Å². The van der Waals surface area contributed by atoms with Gasteiger partial charge in [0, 0.05) is 24.7 Å². The van der Waals surface area contributed by atoms with Gasteiger partial charge in [0.15, 0.2) is 0 Å². The molecule has 2 rings (SSSR count). The summed E-state index contributed by atoms with van der Waals surface area (Å²) in [5.74, 6) is 1.19. The van der Waals surface area contributed by atoms with Crippen LogP contribution in [0.3, 0.4) is 0 Å². The Balaban J connectivity index is 0.000000112. The molecule has 60 valence electrons. The zero-order valence-electron chi connectivity index (χ0n) is 6.16. The Morgan fingerprint density at radius 3 is 2.18 bits per heavy atom. The van der Waals surface area contributed by atoms with E-state index in [1.54, 1.807) is 24.3 Å². The van der Waals surface area contributed by atoms with Crippen molar-refractivity contribution in [2.45, 2.75) is 0 Å². The van der Waals surface area contributed by atoms with E-state index in [0.29, 0.717) is 0 Å². The van der Waals surface area contributed by atoms with E-state index in [9.17, 15) is 0 Å². The zero-order chi connectivity index (χ0) is 7.78. The monoisotopic (exact) mass is 169 g/mol. The molecule has 0 aromatic carbocycles. The molecule has 0 amide bonds. The first-order valence-electron chi connectivity index (χ1n) is 3.45. The van der Waals surface area contributed by atoms with E-state index in [0.717, 1.165) is 6.54 Å². The minimum atomic E-state index is 1.10. The molecule has 4 heteroatoms. The van der Waals surface area contributed by atoms with Gasteiger partial charge < -0.3 is 0 Å². The molecule has 3 nitrogen and oxygen atoms in total. The van der Waals surface area contributed by atoms with Crippen molar-refractivity contribution in [2.24, 2.45) is 0 Å². The summed E-state index contributed by atoms with van der Waals surface area (Å²) >= 11 is 1.71.